The van der Waals surface area contributed by atoms with Gasteiger partial charge in [0.1, 0.15) is 22.7 Å². The Bertz CT molecular complexity index is 971. The molecule has 5 heteroatoms. The third-order valence-corrected chi connectivity index (χ3v) is 5.92. The second-order valence-electron chi connectivity index (χ2n) is 7.42. The van der Waals surface area contributed by atoms with Crippen molar-refractivity contribution in [1.82, 2.24) is 0 Å². The first-order valence-corrected chi connectivity index (χ1v) is 9.27. The van der Waals surface area contributed by atoms with E-state index in [9.17, 15) is 4.79 Å². The number of hydrogen-bond donors (Lipinski definition) is 0. The Balaban J connectivity index is 1.81. The lowest BCUT2D eigenvalue weighted by Crippen LogP contribution is -2.46. The van der Waals surface area contributed by atoms with E-state index in [1.54, 1.807) is 32.4 Å². The van der Waals surface area contributed by atoms with E-state index in [4.69, 9.17) is 18.6 Å². The lowest BCUT2D eigenvalue weighted by molar-refractivity contribution is 0.0440. The van der Waals surface area contributed by atoms with Crippen molar-refractivity contribution < 1.29 is 18.6 Å². The average molecular weight is 368 g/mol. The molecule has 1 saturated carbocycles. The van der Waals surface area contributed by atoms with Gasteiger partial charge in [0.25, 0.3) is 0 Å². The third kappa shape index (κ3) is 2.82. The molecular formula is C22H24O5. The van der Waals surface area contributed by atoms with Crippen LogP contribution in [0.15, 0.2) is 39.1 Å². The Morgan fingerprint density at radius 3 is 2.67 bits per heavy atom. The maximum absolute atomic E-state index is 12.6. The number of ether oxygens (including phenoxy) is 3. The molecule has 1 aliphatic heterocycles. The van der Waals surface area contributed by atoms with Gasteiger partial charge in [-0.1, -0.05) is 6.92 Å². The number of hydrogen-bond acceptors (Lipinski definition) is 5. The summed E-state index contributed by atoms with van der Waals surface area (Å²) in [6.45, 7) is 4.33. The number of rotatable bonds is 3. The average Bonchev–Trinajstić information content (AvgIpc) is 2.67. The van der Waals surface area contributed by atoms with Gasteiger partial charge < -0.3 is 18.6 Å². The van der Waals surface area contributed by atoms with Crippen LogP contribution in [-0.2, 0) is 0 Å². The minimum atomic E-state index is -0.384. The van der Waals surface area contributed by atoms with Crippen LogP contribution >= 0.6 is 0 Å². The summed E-state index contributed by atoms with van der Waals surface area (Å²) in [5.41, 5.74) is 1.66. The molecule has 2 heterocycles. The summed E-state index contributed by atoms with van der Waals surface area (Å²) in [7, 11) is 3.16. The summed E-state index contributed by atoms with van der Waals surface area (Å²) >= 11 is 0. The fraction of sp³-hybridized carbons (Fsp3) is 0.409. The molecule has 1 aliphatic carbocycles. The van der Waals surface area contributed by atoms with Gasteiger partial charge in [0, 0.05) is 11.6 Å². The smallest absolute Gasteiger partial charge is 0.347 e. The highest BCUT2D eigenvalue weighted by atomic mass is 16.5. The Hall–Kier alpha value is -2.69. The first-order chi connectivity index (χ1) is 13.0. The van der Waals surface area contributed by atoms with Crippen LogP contribution in [0, 0.1) is 5.92 Å². The minimum Gasteiger partial charge on any atom is -0.493 e. The van der Waals surface area contributed by atoms with E-state index in [1.165, 1.54) is 5.57 Å². The van der Waals surface area contributed by atoms with Crippen molar-refractivity contribution in [3.63, 3.8) is 0 Å². The summed E-state index contributed by atoms with van der Waals surface area (Å²) in [4.78, 5) is 12.6. The highest BCUT2D eigenvalue weighted by Gasteiger charge is 2.43. The molecule has 2 aliphatic rings. The fourth-order valence-electron chi connectivity index (χ4n) is 4.05. The molecule has 0 saturated heterocycles. The molecule has 2 atom stereocenters. The van der Waals surface area contributed by atoms with Crippen LogP contribution in [0.3, 0.4) is 0 Å². The van der Waals surface area contributed by atoms with Crippen molar-refractivity contribution in [2.24, 2.45) is 5.92 Å². The molecule has 5 nitrogen and oxygen atoms in total. The second-order valence-corrected chi connectivity index (χ2v) is 7.42. The zero-order chi connectivity index (χ0) is 19.2. The van der Waals surface area contributed by atoms with Crippen molar-refractivity contribution in [3.05, 3.63) is 45.8 Å². The van der Waals surface area contributed by atoms with E-state index in [0.29, 0.717) is 34.5 Å². The molecule has 1 aromatic heterocycles. The number of methoxy groups -OCH3 is 2. The molecule has 0 radical (unpaired) electrons. The summed E-state index contributed by atoms with van der Waals surface area (Å²) < 4.78 is 22.6. The van der Waals surface area contributed by atoms with Crippen molar-refractivity contribution in [3.8, 4) is 28.6 Å². The summed E-state index contributed by atoms with van der Waals surface area (Å²) in [5.74, 6) is 2.61. The molecule has 1 aromatic carbocycles. The number of benzene rings is 1. The van der Waals surface area contributed by atoms with E-state index in [-0.39, 0.29) is 11.2 Å². The van der Waals surface area contributed by atoms with Crippen molar-refractivity contribution in [1.29, 1.82) is 0 Å². The molecule has 0 bridgehead atoms. The lowest BCUT2D eigenvalue weighted by Gasteiger charge is -2.44. The normalized spacial score (nSPS) is 23.6. The van der Waals surface area contributed by atoms with Crippen LogP contribution in [0.4, 0.5) is 0 Å². The lowest BCUT2D eigenvalue weighted by atomic mass is 9.72. The zero-order valence-electron chi connectivity index (χ0n) is 16.1. The van der Waals surface area contributed by atoms with E-state index in [2.05, 4.69) is 13.8 Å². The van der Waals surface area contributed by atoms with Gasteiger partial charge in [-0.3, -0.25) is 0 Å². The maximum atomic E-state index is 12.6. The molecule has 142 valence electrons. The molecule has 2 aromatic rings. The van der Waals surface area contributed by atoms with Crippen molar-refractivity contribution in [2.75, 3.05) is 14.2 Å². The van der Waals surface area contributed by atoms with Crippen molar-refractivity contribution in [2.45, 2.75) is 38.7 Å². The molecular weight excluding hydrogens is 344 g/mol. The summed E-state index contributed by atoms with van der Waals surface area (Å²) in [6.07, 6.45) is 5.17. The predicted molar refractivity (Wildman–Crippen MR) is 104 cm³/mol. The predicted octanol–water partition coefficient (Wildman–Crippen LogP) is 4.68. The quantitative estimate of drug-likeness (QED) is 0.787. The standard InChI is InChI=1S/C22H24O5/c1-13-6-5-7-15-11-16-19(27-22(13,15)2)12-18(26-21(16)23)14-8-9-17(24-3)20(10-14)25-4/h8-13H,5-7H2,1-4H3/t13-,22+/m0/s1. The topological polar surface area (TPSA) is 57.9 Å². The number of fused-ring (bicyclic) bond motifs is 2. The Morgan fingerprint density at radius 1 is 1.15 bits per heavy atom. The van der Waals surface area contributed by atoms with E-state index in [1.807, 2.05) is 12.1 Å². The summed E-state index contributed by atoms with van der Waals surface area (Å²) in [6, 6.07) is 7.22. The molecule has 0 amide bonds. The van der Waals surface area contributed by atoms with Gasteiger partial charge in [0.2, 0.25) is 0 Å². The first-order valence-electron chi connectivity index (χ1n) is 9.27. The Morgan fingerprint density at radius 2 is 1.93 bits per heavy atom. The van der Waals surface area contributed by atoms with Crippen LogP contribution in [0.25, 0.3) is 17.4 Å². The van der Waals surface area contributed by atoms with Gasteiger partial charge in [0.15, 0.2) is 11.5 Å². The maximum Gasteiger partial charge on any atom is 0.347 e. The molecule has 27 heavy (non-hydrogen) atoms. The first kappa shape index (κ1) is 17.7. The molecule has 1 fully saturated rings. The molecule has 4 rings (SSSR count). The van der Waals surface area contributed by atoms with Crippen LogP contribution in [0.5, 0.6) is 17.2 Å². The van der Waals surface area contributed by atoms with Crippen LogP contribution in [0.1, 0.15) is 38.7 Å². The van der Waals surface area contributed by atoms with Gasteiger partial charge in [-0.25, -0.2) is 4.79 Å². The van der Waals surface area contributed by atoms with Gasteiger partial charge in [-0.05, 0) is 62.0 Å². The van der Waals surface area contributed by atoms with Crippen LogP contribution in [-0.4, -0.2) is 19.8 Å². The summed E-state index contributed by atoms with van der Waals surface area (Å²) in [5, 5.41) is 0. The monoisotopic (exact) mass is 368 g/mol. The minimum absolute atomic E-state index is 0.367. The van der Waals surface area contributed by atoms with E-state index >= 15 is 0 Å². The second kappa shape index (κ2) is 6.48. The van der Waals surface area contributed by atoms with Gasteiger partial charge >= 0.3 is 5.63 Å². The molecule has 0 unspecified atom stereocenters. The van der Waals surface area contributed by atoms with E-state index < -0.39 is 0 Å². The third-order valence-electron chi connectivity index (χ3n) is 5.92. The Labute approximate surface area is 158 Å². The SMILES string of the molecule is COc1ccc(-c2cc3c(c(=O)o2)C=C2CCC[C@H](C)[C@@]2(C)O3)cc1OC. The molecule has 0 spiro atoms. The largest absolute Gasteiger partial charge is 0.493 e. The van der Waals surface area contributed by atoms with Crippen LogP contribution < -0.4 is 19.8 Å². The Kier molecular flexibility index (Phi) is 4.25. The fourth-order valence-corrected chi connectivity index (χ4v) is 4.05. The van der Waals surface area contributed by atoms with Crippen molar-refractivity contribution >= 4 is 6.08 Å². The van der Waals surface area contributed by atoms with Gasteiger partial charge in [0.05, 0.1) is 14.2 Å². The zero-order valence-corrected chi connectivity index (χ0v) is 16.1. The highest BCUT2D eigenvalue weighted by Crippen LogP contribution is 2.46. The molecule has 0 N–H and O–H groups in total. The van der Waals surface area contributed by atoms with Gasteiger partial charge in [-0.2, -0.15) is 0 Å². The van der Waals surface area contributed by atoms with Crippen LogP contribution in [0.2, 0.25) is 0 Å². The highest BCUT2D eigenvalue weighted by molar-refractivity contribution is 5.69. The van der Waals surface area contributed by atoms with Gasteiger partial charge in [-0.15, -0.1) is 0 Å². The van der Waals surface area contributed by atoms with E-state index in [0.717, 1.165) is 24.8 Å².